The van der Waals surface area contributed by atoms with Gasteiger partial charge in [0.25, 0.3) is 10.0 Å². The van der Waals surface area contributed by atoms with E-state index < -0.39 is 10.0 Å². The van der Waals surface area contributed by atoms with Crippen LogP contribution >= 0.6 is 0 Å². The summed E-state index contributed by atoms with van der Waals surface area (Å²) in [7, 11) is -4.01. The second kappa shape index (κ2) is 8.67. The molecular weight excluding hydrogens is 488 g/mol. The monoisotopic (exact) mass is 512 g/mol. The number of aryl methyl sites for hydroxylation is 2. The number of sulfonamides is 1. The molecule has 1 amide bonds. The van der Waals surface area contributed by atoms with Gasteiger partial charge in [-0.2, -0.15) is 0 Å². The normalized spacial score (nSPS) is 14.6. The standard InChI is InChI=1S/C29H24N2O5S/c32-26-13-9-17-5-1-2-6-20(17)28(26)23-16-25(21-7-3-4-8-22(21)29(23)34)31-37(35,36)19-11-12-24-18(15-19)10-14-27(33)30-24/h2-4,6-9,11-13,15-16,31-32,34H,1,5,10,14H2,(H,30,33). The van der Waals surface area contributed by atoms with Crippen LogP contribution in [0.25, 0.3) is 28.0 Å². The number of carbonyl (C=O) groups excluding carboxylic acids is 1. The molecule has 1 heterocycles. The fourth-order valence-corrected chi connectivity index (χ4v) is 6.27. The molecule has 0 unspecified atom stereocenters. The summed E-state index contributed by atoms with van der Waals surface area (Å²) in [5, 5.41) is 25.9. The molecule has 0 radical (unpaired) electrons. The van der Waals surface area contributed by atoms with E-state index in [2.05, 4.69) is 10.0 Å². The quantitative estimate of drug-likeness (QED) is 0.267. The summed E-state index contributed by atoms with van der Waals surface area (Å²) >= 11 is 0. The van der Waals surface area contributed by atoms with Gasteiger partial charge in [0.15, 0.2) is 0 Å². The minimum absolute atomic E-state index is 0.00132. The first-order chi connectivity index (χ1) is 17.8. The van der Waals surface area contributed by atoms with Crippen LogP contribution in [0, 0.1) is 0 Å². The SMILES string of the molecule is O=C1CCc2cc(S(=O)(=O)Nc3cc(-c4c(O)ccc5c4C=CCC5)c(O)c4ccccc34)ccc2N1. The first-order valence-corrected chi connectivity index (χ1v) is 13.5. The topological polar surface area (TPSA) is 116 Å². The molecule has 8 heteroatoms. The van der Waals surface area contributed by atoms with Gasteiger partial charge in [0.05, 0.1) is 10.6 Å². The van der Waals surface area contributed by atoms with Gasteiger partial charge < -0.3 is 15.5 Å². The largest absolute Gasteiger partial charge is 0.507 e. The van der Waals surface area contributed by atoms with E-state index in [1.165, 1.54) is 6.07 Å². The molecule has 0 spiro atoms. The van der Waals surface area contributed by atoms with Crippen molar-refractivity contribution in [3.63, 3.8) is 0 Å². The zero-order chi connectivity index (χ0) is 25.7. The van der Waals surface area contributed by atoms with Gasteiger partial charge in [0, 0.05) is 34.0 Å². The zero-order valence-corrected chi connectivity index (χ0v) is 20.6. The van der Waals surface area contributed by atoms with Crippen molar-refractivity contribution in [1.82, 2.24) is 0 Å². The maximum atomic E-state index is 13.5. The number of rotatable bonds is 4. The first-order valence-electron chi connectivity index (χ1n) is 12.0. The highest BCUT2D eigenvalue weighted by molar-refractivity contribution is 7.92. The number of anilines is 2. The number of hydrogen-bond acceptors (Lipinski definition) is 5. The second-order valence-electron chi connectivity index (χ2n) is 9.31. The van der Waals surface area contributed by atoms with Crippen LogP contribution in [0.4, 0.5) is 11.4 Å². The van der Waals surface area contributed by atoms with Crippen LogP contribution in [0.3, 0.4) is 0 Å². The van der Waals surface area contributed by atoms with Crippen LogP contribution in [0.2, 0.25) is 0 Å². The van der Waals surface area contributed by atoms with Crippen molar-refractivity contribution in [1.29, 1.82) is 0 Å². The predicted octanol–water partition coefficient (Wildman–Crippen LogP) is 5.56. The van der Waals surface area contributed by atoms with Gasteiger partial charge in [-0.05, 0) is 66.3 Å². The van der Waals surface area contributed by atoms with Crippen molar-refractivity contribution in [2.24, 2.45) is 0 Å². The zero-order valence-electron chi connectivity index (χ0n) is 19.8. The molecule has 0 aromatic heterocycles. The molecule has 2 aliphatic rings. The number of nitrogens with one attached hydrogen (secondary N) is 2. The number of aromatic hydroxyl groups is 2. The van der Waals surface area contributed by atoms with Crippen molar-refractivity contribution in [2.75, 3.05) is 10.0 Å². The summed E-state index contributed by atoms with van der Waals surface area (Å²) in [5.41, 5.74) is 4.31. The number of amides is 1. The third-order valence-corrected chi connectivity index (χ3v) is 8.35. The van der Waals surface area contributed by atoms with Gasteiger partial charge in [-0.25, -0.2) is 8.42 Å². The van der Waals surface area contributed by atoms with Crippen LogP contribution < -0.4 is 10.0 Å². The molecule has 0 fully saturated rings. The molecule has 0 atom stereocenters. The van der Waals surface area contributed by atoms with E-state index in [0.717, 1.165) is 29.5 Å². The van der Waals surface area contributed by atoms with Crippen molar-refractivity contribution in [3.8, 4) is 22.6 Å². The number of hydrogen-bond donors (Lipinski definition) is 4. The molecule has 1 aliphatic carbocycles. The van der Waals surface area contributed by atoms with Gasteiger partial charge in [-0.15, -0.1) is 0 Å². The molecule has 0 saturated heterocycles. The Hall–Kier alpha value is -4.30. The highest BCUT2D eigenvalue weighted by atomic mass is 32.2. The Labute approximate surface area is 214 Å². The summed E-state index contributed by atoms with van der Waals surface area (Å²) in [5.74, 6) is -0.127. The number of carbonyl (C=O) groups is 1. The van der Waals surface area contributed by atoms with Crippen molar-refractivity contribution < 1.29 is 23.4 Å². The predicted molar refractivity (Wildman–Crippen MR) is 144 cm³/mol. The van der Waals surface area contributed by atoms with E-state index in [9.17, 15) is 23.4 Å². The van der Waals surface area contributed by atoms with E-state index in [0.29, 0.717) is 40.4 Å². The average Bonchev–Trinajstić information content (AvgIpc) is 2.90. The van der Waals surface area contributed by atoms with Gasteiger partial charge >= 0.3 is 0 Å². The van der Waals surface area contributed by atoms with Crippen LogP contribution in [-0.2, 0) is 27.7 Å². The number of allylic oxidation sites excluding steroid dienone is 1. The van der Waals surface area contributed by atoms with Crippen LogP contribution in [0.1, 0.15) is 29.5 Å². The average molecular weight is 513 g/mol. The lowest BCUT2D eigenvalue weighted by molar-refractivity contribution is -0.116. The Balaban J connectivity index is 1.50. The highest BCUT2D eigenvalue weighted by Gasteiger charge is 2.24. The van der Waals surface area contributed by atoms with Gasteiger partial charge in [0.2, 0.25) is 5.91 Å². The van der Waals surface area contributed by atoms with Crippen LogP contribution in [-0.4, -0.2) is 24.5 Å². The molecule has 4 N–H and O–H groups in total. The minimum Gasteiger partial charge on any atom is -0.507 e. The fraction of sp³-hybridized carbons (Fsp3) is 0.138. The Morgan fingerprint density at radius 1 is 0.865 bits per heavy atom. The Kier molecular flexibility index (Phi) is 5.42. The lowest BCUT2D eigenvalue weighted by Gasteiger charge is -2.20. The van der Waals surface area contributed by atoms with E-state index in [4.69, 9.17) is 0 Å². The summed E-state index contributed by atoms with van der Waals surface area (Å²) in [6, 6.07) is 16.7. The summed E-state index contributed by atoms with van der Waals surface area (Å²) in [6.45, 7) is 0. The molecule has 1 aliphatic heterocycles. The molecular formula is C29H24N2O5S. The third-order valence-electron chi connectivity index (χ3n) is 6.99. The molecule has 0 bridgehead atoms. The fourth-order valence-electron chi connectivity index (χ4n) is 5.15. The maximum Gasteiger partial charge on any atom is 0.261 e. The van der Waals surface area contributed by atoms with Crippen LogP contribution in [0.15, 0.2) is 71.6 Å². The van der Waals surface area contributed by atoms with Crippen molar-refractivity contribution >= 4 is 44.2 Å². The molecule has 7 nitrogen and oxygen atoms in total. The molecule has 6 rings (SSSR count). The Morgan fingerprint density at radius 2 is 1.68 bits per heavy atom. The van der Waals surface area contributed by atoms with E-state index in [1.807, 2.05) is 18.2 Å². The number of phenolic OH excluding ortho intramolecular Hbond substituents is 2. The van der Waals surface area contributed by atoms with E-state index in [1.54, 1.807) is 48.5 Å². The van der Waals surface area contributed by atoms with Gasteiger partial charge in [-0.1, -0.05) is 42.5 Å². The van der Waals surface area contributed by atoms with Crippen molar-refractivity contribution in [2.45, 2.75) is 30.6 Å². The Morgan fingerprint density at radius 3 is 2.51 bits per heavy atom. The molecule has 4 aromatic rings. The highest BCUT2D eigenvalue weighted by Crippen LogP contribution is 2.46. The molecule has 37 heavy (non-hydrogen) atoms. The number of fused-ring (bicyclic) bond motifs is 3. The summed E-state index contributed by atoms with van der Waals surface area (Å²) < 4.78 is 29.7. The first kappa shape index (κ1) is 23.1. The number of benzene rings is 4. The van der Waals surface area contributed by atoms with Crippen LogP contribution in [0.5, 0.6) is 11.5 Å². The lowest BCUT2D eigenvalue weighted by Crippen LogP contribution is -2.20. The molecule has 4 aromatic carbocycles. The van der Waals surface area contributed by atoms with Gasteiger partial charge in [-0.3, -0.25) is 9.52 Å². The van der Waals surface area contributed by atoms with Gasteiger partial charge in [0.1, 0.15) is 11.5 Å². The maximum absolute atomic E-state index is 13.5. The summed E-state index contributed by atoms with van der Waals surface area (Å²) in [4.78, 5) is 11.8. The molecule has 186 valence electrons. The van der Waals surface area contributed by atoms with E-state index >= 15 is 0 Å². The third kappa shape index (κ3) is 3.99. The minimum atomic E-state index is -4.01. The molecule has 0 saturated carbocycles. The summed E-state index contributed by atoms with van der Waals surface area (Å²) in [6.07, 6.45) is 6.41. The second-order valence-corrected chi connectivity index (χ2v) is 11.0. The van der Waals surface area contributed by atoms with Crippen molar-refractivity contribution in [3.05, 3.63) is 83.4 Å². The smallest absolute Gasteiger partial charge is 0.261 e. The van der Waals surface area contributed by atoms with E-state index in [-0.39, 0.29) is 28.0 Å². The Bertz CT molecular complexity index is 1740. The lowest BCUT2D eigenvalue weighted by atomic mass is 9.88. The number of phenols is 2.